The number of halogens is 1. The fourth-order valence-electron chi connectivity index (χ4n) is 2.97. The molecule has 0 saturated carbocycles. The lowest BCUT2D eigenvalue weighted by Crippen LogP contribution is -2.34. The van der Waals surface area contributed by atoms with E-state index in [0.717, 1.165) is 19.0 Å². The highest BCUT2D eigenvalue weighted by atomic mass is 35.5. The zero-order valence-corrected chi connectivity index (χ0v) is 14.5. The van der Waals surface area contributed by atoms with Crippen LogP contribution in [0, 0.1) is 5.92 Å². The normalized spacial score (nSPS) is 16.3. The highest BCUT2D eigenvalue weighted by Crippen LogP contribution is 2.28. The minimum atomic E-state index is 0. The fraction of sp³-hybridized carbons (Fsp3) is 0.647. The predicted molar refractivity (Wildman–Crippen MR) is 93.1 cm³/mol. The molecule has 22 heavy (non-hydrogen) atoms. The molecule has 1 aromatic rings. The summed E-state index contributed by atoms with van der Waals surface area (Å²) in [5.74, 6) is 1.69. The Balaban J connectivity index is 0.00000242. The van der Waals surface area contributed by atoms with E-state index < -0.39 is 0 Å². The molecule has 1 aromatic carbocycles. The first-order valence-electron chi connectivity index (χ1n) is 8.04. The smallest absolute Gasteiger partial charge is 0.161 e. The summed E-state index contributed by atoms with van der Waals surface area (Å²) in [6.07, 6.45) is 3.87. The van der Waals surface area contributed by atoms with Gasteiger partial charge in [-0.25, -0.2) is 0 Å². The minimum Gasteiger partial charge on any atom is -0.504 e. The molecule has 0 aliphatic carbocycles. The Kier molecular flexibility index (Phi) is 8.61. The number of ether oxygens (including phenoxy) is 1. The first kappa shape index (κ1) is 19.1. The third kappa shape index (κ3) is 5.67. The van der Waals surface area contributed by atoms with Crippen LogP contribution in [0.2, 0.25) is 0 Å². The van der Waals surface area contributed by atoms with Crippen molar-refractivity contribution >= 4 is 12.4 Å². The molecule has 4 nitrogen and oxygen atoms in total. The van der Waals surface area contributed by atoms with E-state index in [1.54, 1.807) is 6.07 Å². The average molecular weight is 329 g/mol. The van der Waals surface area contributed by atoms with Gasteiger partial charge in [-0.2, -0.15) is 0 Å². The fourth-order valence-corrected chi connectivity index (χ4v) is 2.97. The van der Waals surface area contributed by atoms with E-state index in [4.69, 9.17) is 4.74 Å². The van der Waals surface area contributed by atoms with Crippen molar-refractivity contribution in [1.29, 1.82) is 0 Å². The van der Waals surface area contributed by atoms with Crippen LogP contribution in [0.4, 0.5) is 0 Å². The molecule has 2 rings (SSSR count). The second kappa shape index (κ2) is 9.93. The number of nitrogens with one attached hydrogen (secondary N) is 1. The van der Waals surface area contributed by atoms with Crippen molar-refractivity contribution in [3.05, 3.63) is 23.8 Å². The number of phenols is 1. The molecule has 1 aliphatic rings. The van der Waals surface area contributed by atoms with Crippen LogP contribution in [-0.2, 0) is 6.54 Å². The van der Waals surface area contributed by atoms with Gasteiger partial charge in [0.05, 0.1) is 6.61 Å². The Morgan fingerprint density at radius 1 is 1.32 bits per heavy atom. The van der Waals surface area contributed by atoms with E-state index in [1.165, 1.54) is 37.9 Å². The largest absolute Gasteiger partial charge is 0.504 e. The van der Waals surface area contributed by atoms with Crippen molar-refractivity contribution in [2.75, 3.05) is 33.3 Å². The van der Waals surface area contributed by atoms with Gasteiger partial charge in [-0.15, -0.1) is 12.4 Å². The molecular formula is C17H29ClN2O2. The number of nitrogens with zero attached hydrogens (tertiary/aromatic N) is 1. The molecule has 0 spiro atoms. The number of aromatic hydroxyl groups is 1. The molecule has 2 N–H and O–H groups in total. The molecule has 5 heteroatoms. The van der Waals surface area contributed by atoms with Crippen LogP contribution in [0.5, 0.6) is 11.5 Å². The Labute approximate surface area is 140 Å². The summed E-state index contributed by atoms with van der Waals surface area (Å²) >= 11 is 0. The van der Waals surface area contributed by atoms with E-state index in [0.29, 0.717) is 12.4 Å². The van der Waals surface area contributed by atoms with Crippen LogP contribution < -0.4 is 10.1 Å². The van der Waals surface area contributed by atoms with Gasteiger partial charge in [0.2, 0.25) is 0 Å². The Morgan fingerprint density at radius 2 is 2.05 bits per heavy atom. The minimum absolute atomic E-state index is 0. The molecule has 0 aromatic heterocycles. The van der Waals surface area contributed by atoms with E-state index in [9.17, 15) is 5.11 Å². The van der Waals surface area contributed by atoms with Crippen LogP contribution in [-0.4, -0.2) is 43.3 Å². The van der Waals surface area contributed by atoms with Gasteiger partial charge in [0.1, 0.15) is 0 Å². The average Bonchev–Trinajstić information content (AvgIpc) is 2.50. The number of likely N-dealkylation sites (tertiary alicyclic amines) is 1. The maximum Gasteiger partial charge on any atom is 0.161 e. The number of rotatable bonds is 7. The number of phenolic OH excluding ortho intramolecular Hbond substituents is 1. The molecule has 1 heterocycles. The molecular weight excluding hydrogens is 300 g/mol. The Morgan fingerprint density at radius 3 is 2.68 bits per heavy atom. The second-order valence-corrected chi connectivity index (χ2v) is 5.85. The van der Waals surface area contributed by atoms with Gasteiger partial charge >= 0.3 is 0 Å². The lowest BCUT2D eigenvalue weighted by molar-refractivity contribution is 0.172. The zero-order chi connectivity index (χ0) is 15.1. The van der Waals surface area contributed by atoms with Gasteiger partial charge in [0.25, 0.3) is 0 Å². The number of benzene rings is 1. The number of hydrogen-bond acceptors (Lipinski definition) is 4. The van der Waals surface area contributed by atoms with Crippen LogP contribution in [0.25, 0.3) is 0 Å². The van der Waals surface area contributed by atoms with Gasteiger partial charge < -0.3 is 15.2 Å². The van der Waals surface area contributed by atoms with Crippen LogP contribution >= 0.6 is 12.4 Å². The molecule has 0 amide bonds. The number of hydrogen-bond donors (Lipinski definition) is 2. The second-order valence-electron chi connectivity index (χ2n) is 5.85. The SMILES string of the molecule is CCOc1cc(CN2CCC(CCNC)CC2)ccc1O.Cl. The first-order chi connectivity index (χ1) is 10.2. The van der Waals surface area contributed by atoms with E-state index in [1.807, 2.05) is 26.1 Å². The summed E-state index contributed by atoms with van der Waals surface area (Å²) in [6, 6.07) is 5.69. The third-order valence-corrected chi connectivity index (χ3v) is 4.24. The van der Waals surface area contributed by atoms with Gasteiger partial charge in [0, 0.05) is 6.54 Å². The van der Waals surface area contributed by atoms with Crippen molar-refractivity contribution < 1.29 is 9.84 Å². The topological polar surface area (TPSA) is 44.7 Å². The molecule has 126 valence electrons. The standard InChI is InChI=1S/C17H28N2O2.ClH/c1-3-21-17-12-15(4-5-16(17)20)13-19-10-7-14(8-11-19)6-9-18-2;/h4-5,12,14,18,20H,3,6-11,13H2,1-2H3;1H. The summed E-state index contributed by atoms with van der Waals surface area (Å²) in [5, 5.41) is 13.0. The monoisotopic (exact) mass is 328 g/mol. The molecule has 1 saturated heterocycles. The van der Waals surface area contributed by atoms with Gasteiger partial charge in [0.15, 0.2) is 11.5 Å². The lowest BCUT2D eigenvalue weighted by atomic mass is 9.93. The Hall–Kier alpha value is -0.970. The highest BCUT2D eigenvalue weighted by Gasteiger charge is 2.19. The summed E-state index contributed by atoms with van der Waals surface area (Å²) in [5.41, 5.74) is 1.21. The van der Waals surface area contributed by atoms with Crippen LogP contribution in [0.3, 0.4) is 0 Å². The molecule has 0 radical (unpaired) electrons. The third-order valence-electron chi connectivity index (χ3n) is 4.24. The van der Waals surface area contributed by atoms with Crippen molar-refractivity contribution in [1.82, 2.24) is 10.2 Å². The molecule has 1 aliphatic heterocycles. The first-order valence-corrected chi connectivity index (χ1v) is 8.04. The lowest BCUT2D eigenvalue weighted by Gasteiger charge is -2.32. The molecule has 0 bridgehead atoms. The maximum atomic E-state index is 9.74. The van der Waals surface area contributed by atoms with E-state index >= 15 is 0 Å². The summed E-state index contributed by atoms with van der Waals surface area (Å²) in [4.78, 5) is 2.50. The van der Waals surface area contributed by atoms with Crippen LogP contribution in [0.1, 0.15) is 31.7 Å². The summed E-state index contributed by atoms with van der Waals surface area (Å²) in [6.45, 7) is 6.91. The quantitative estimate of drug-likeness (QED) is 0.807. The van der Waals surface area contributed by atoms with Crippen molar-refractivity contribution in [3.63, 3.8) is 0 Å². The van der Waals surface area contributed by atoms with E-state index in [-0.39, 0.29) is 18.2 Å². The zero-order valence-electron chi connectivity index (χ0n) is 13.7. The van der Waals surface area contributed by atoms with Crippen molar-refractivity contribution in [2.24, 2.45) is 5.92 Å². The number of piperidine rings is 1. The predicted octanol–water partition coefficient (Wildman–Crippen LogP) is 3.03. The van der Waals surface area contributed by atoms with Gasteiger partial charge in [-0.1, -0.05) is 6.07 Å². The highest BCUT2D eigenvalue weighted by molar-refractivity contribution is 5.85. The van der Waals surface area contributed by atoms with Crippen molar-refractivity contribution in [2.45, 2.75) is 32.7 Å². The summed E-state index contributed by atoms with van der Waals surface area (Å²) < 4.78 is 5.45. The van der Waals surface area contributed by atoms with Crippen LogP contribution in [0.15, 0.2) is 18.2 Å². The van der Waals surface area contributed by atoms with Gasteiger partial charge in [-0.05, 0) is 76.5 Å². The molecule has 1 fully saturated rings. The van der Waals surface area contributed by atoms with Crippen molar-refractivity contribution in [3.8, 4) is 11.5 Å². The van der Waals surface area contributed by atoms with Gasteiger partial charge in [-0.3, -0.25) is 4.90 Å². The maximum absolute atomic E-state index is 9.74. The molecule has 0 atom stereocenters. The van der Waals surface area contributed by atoms with E-state index in [2.05, 4.69) is 10.2 Å². The Bertz CT molecular complexity index is 435. The molecule has 0 unspecified atom stereocenters. The summed E-state index contributed by atoms with van der Waals surface area (Å²) in [7, 11) is 2.02.